The molecule has 0 radical (unpaired) electrons. The Morgan fingerprint density at radius 2 is 2.21 bits per heavy atom. The van der Waals surface area contributed by atoms with E-state index in [1.54, 1.807) is 0 Å². The van der Waals surface area contributed by atoms with E-state index in [1.807, 2.05) is 0 Å². The Morgan fingerprint density at radius 1 is 1.53 bits per heavy atom. The number of nitrogens with zero attached hydrogens (tertiary/aromatic N) is 1. The van der Waals surface area contributed by atoms with Crippen molar-refractivity contribution in [1.29, 1.82) is 0 Å². The van der Waals surface area contributed by atoms with Crippen molar-refractivity contribution in [3.05, 3.63) is 34.1 Å². The van der Waals surface area contributed by atoms with Gasteiger partial charge in [0.1, 0.15) is 11.5 Å². The molecule has 1 aliphatic rings. The molecule has 6 nitrogen and oxygen atoms in total. The second-order valence-electron chi connectivity index (χ2n) is 4.86. The van der Waals surface area contributed by atoms with Crippen molar-refractivity contribution in [3.8, 4) is 0 Å². The molecule has 0 spiro atoms. The fraction of sp³-hybridized carbons (Fsp3) is 0.417. The Hall–Kier alpha value is -2.02. The summed E-state index contributed by atoms with van der Waals surface area (Å²) in [5, 5.41) is 13.2. The second kappa shape index (κ2) is 4.93. The topological polar surface area (TPSA) is 98.3 Å². The molecule has 19 heavy (non-hydrogen) atoms. The van der Waals surface area contributed by atoms with E-state index in [1.165, 1.54) is 6.07 Å². The highest BCUT2D eigenvalue weighted by molar-refractivity contribution is 5.93. The number of nitro groups is 1. The van der Waals surface area contributed by atoms with E-state index in [9.17, 15) is 19.3 Å². The van der Waals surface area contributed by atoms with Gasteiger partial charge in [0.05, 0.1) is 11.0 Å². The molecule has 102 valence electrons. The zero-order valence-corrected chi connectivity index (χ0v) is 10.2. The van der Waals surface area contributed by atoms with E-state index in [0.717, 1.165) is 31.4 Å². The molecule has 7 heteroatoms. The average molecular weight is 267 g/mol. The van der Waals surface area contributed by atoms with Crippen molar-refractivity contribution >= 4 is 17.3 Å². The molecule has 3 N–H and O–H groups in total. The first-order valence-corrected chi connectivity index (χ1v) is 5.92. The highest BCUT2D eigenvalue weighted by Gasteiger charge is 2.35. The van der Waals surface area contributed by atoms with E-state index >= 15 is 0 Å². The molecular formula is C12H14FN3O3. The number of hydrogen-bond acceptors (Lipinski definition) is 4. The molecule has 1 aliphatic carbocycles. The Kier molecular flexibility index (Phi) is 3.48. The lowest BCUT2D eigenvalue weighted by Gasteiger charge is -2.37. The van der Waals surface area contributed by atoms with Crippen molar-refractivity contribution in [2.75, 3.05) is 5.32 Å². The smallest absolute Gasteiger partial charge is 0.295 e. The number of rotatable bonds is 4. The minimum absolute atomic E-state index is 0.0145. The maximum Gasteiger partial charge on any atom is 0.295 e. The van der Waals surface area contributed by atoms with Crippen LogP contribution in [0.4, 0.5) is 15.8 Å². The summed E-state index contributed by atoms with van der Waals surface area (Å²) in [7, 11) is 0. The lowest BCUT2D eigenvalue weighted by Crippen LogP contribution is -2.48. The van der Waals surface area contributed by atoms with Crippen LogP contribution in [0.15, 0.2) is 18.2 Å². The molecule has 0 aliphatic heterocycles. The largest absolute Gasteiger partial charge is 0.325 e. The van der Waals surface area contributed by atoms with E-state index in [4.69, 9.17) is 5.73 Å². The van der Waals surface area contributed by atoms with Gasteiger partial charge >= 0.3 is 0 Å². The van der Waals surface area contributed by atoms with Crippen LogP contribution in [0.2, 0.25) is 0 Å². The SMILES string of the molecule is NC1(CC(=O)Nc2ccc(F)cc2[N+](=O)[O-])CCC1. The monoisotopic (exact) mass is 267 g/mol. The minimum Gasteiger partial charge on any atom is -0.325 e. The lowest BCUT2D eigenvalue weighted by atomic mass is 9.75. The maximum atomic E-state index is 12.9. The number of amides is 1. The molecule has 1 saturated carbocycles. The number of carbonyl (C=O) groups excluding carboxylic acids is 1. The number of nitro benzene ring substituents is 1. The Bertz CT molecular complexity index is 529. The Labute approximate surface area is 108 Å². The number of carbonyl (C=O) groups is 1. The summed E-state index contributed by atoms with van der Waals surface area (Å²) in [6.07, 6.45) is 2.64. The van der Waals surface area contributed by atoms with Gasteiger partial charge in [0, 0.05) is 12.0 Å². The molecule has 1 amide bonds. The summed E-state index contributed by atoms with van der Waals surface area (Å²) >= 11 is 0. The fourth-order valence-electron chi connectivity index (χ4n) is 2.08. The van der Waals surface area contributed by atoms with E-state index in [0.29, 0.717) is 0 Å². The summed E-state index contributed by atoms with van der Waals surface area (Å²) in [5.41, 5.74) is 4.94. The van der Waals surface area contributed by atoms with Gasteiger partial charge in [-0.05, 0) is 31.4 Å². The quantitative estimate of drug-likeness (QED) is 0.643. The van der Waals surface area contributed by atoms with Gasteiger partial charge in [-0.25, -0.2) is 4.39 Å². The number of anilines is 1. The van der Waals surface area contributed by atoms with Gasteiger partial charge in [-0.15, -0.1) is 0 Å². The van der Waals surface area contributed by atoms with E-state index in [2.05, 4.69) is 5.32 Å². The molecule has 0 heterocycles. The average Bonchev–Trinajstić information content (AvgIpc) is 2.29. The molecule has 1 fully saturated rings. The van der Waals surface area contributed by atoms with Gasteiger partial charge in [0.15, 0.2) is 0 Å². The van der Waals surface area contributed by atoms with Gasteiger partial charge in [-0.1, -0.05) is 0 Å². The first-order valence-electron chi connectivity index (χ1n) is 5.92. The molecule has 0 saturated heterocycles. The summed E-state index contributed by atoms with van der Waals surface area (Å²) in [6.45, 7) is 0. The van der Waals surface area contributed by atoms with Crippen LogP contribution in [0.3, 0.4) is 0 Å². The third-order valence-corrected chi connectivity index (χ3v) is 3.29. The summed E-state index contributed by atoms with van der Waals surface area (Å²) in [6, 6.07) is 3.01. The van der Waals surface area contributed by atoms with Crippen molar-refractivity contribution < 1.29 is 14.1 Å². The van der Waals surface area contributed by atoms with Gasteiger partial charge in [-0.2, -0.15) is 0 Å². The van der Waals surface area contributed by atoms with Crippen molar-refractivity contribution in [2.24, 2.45) is 5.73 Å². The second-order valence-corrected chi connectivity index (χ2v) is 4.86. The number of halogens is 1. The zero-order valence-electron chi connectivity index (χ0n) is 10.2. The molecular weight excluding hydrogens is 253 g/mol. The van der Waals surface area contributed by atoms with E-state index < -0.39 is 27.9 Å². The minimum atomic E-state index is -0.736. The van der Waals surface area contributed by atoms with Crippen LogP contribution in [0.1, 0.15) is 25.7 Å². The van der Waals surface area contributed by atoms with Gasteiger partial charge in [0.2, 0.25) is 5.91 Å². The van der Waals surface area contributed by atoms with Crippen LogP contribution in [-0.2, 0) is 4.79 Å². The predicted molar refractivity (Wildman–Crippen MR) is 67.1 cm³/mol. The van der Waals surface area contributed by atoms with Crippen LogP contribution in [0.5, 0.6) is 0 Å². The van der Waals surface area contributed by atoms with Gasteiger partial charge in [-0.3, -0.25) is 14.9 Å². The van der Waals surface area contributed by atoms with Crippen LogP contribution in [0.25, 0.3) is 0 Å². The van der Waals surface area contributed by atoms with Crippen molar-refractivity contribution in [3.63, 3.8) is 0 Å². The summed E-state index contributed by atoms with van der Waals surface area (Å²) in [4.78, 5) is 21.8. The molecule has 2 rings (SSSR count). The highest BCUT2D eigenvalue weighted by atomic mass is 19.1. The lowest BCUT2D eigenvalue weighted by molar-refractivity contribution is -0.384. The highest BCUT2D eigenvalue weighted by Crippen LogP contribution is 2.33. The maximum absolute atomic E-state index is 12.9. The molecule has 0 unspecified atom stereocenters. The van der Waals surface area contributed by atoms with Crippen LogP contribution in [-0.4, -0.2) is 16.4 Å². The summed E-state index contributed by atoms with van der Waals surface area (Å²) in [5.74, 6) is -1.11. The van der Waals surface area contributed by atoms with Crippen LogP contribution >= 0.6 is 0 Å². The van der Waals surface area contributed by atoms with Crippen LogP contribution in [0, 0.1) is 15.9 Å². The van der Waals surface area contributed by atoms with E-state index in [-0.39, 0.29) is 12.1 Å². The third-order valence-electron chi connectivity index (χ3n) is 3.29. The number of nitrogens with one attached hydrogen (secondary N) is 1. The molecule has 0 aromatic heterocycles. The normalized spacial score (nSPS) is 16.5. The first-order chi connectivity index (χ1) is 8.89. The van der Waals surface area contributed by atoms with Gasteiger partial charge in [0.25, 0.3) is 5.69 Å². The predicted octanol–water partition coefficient (Wildman–Crippen LogP) is 1.94. The number of hydrogen-bond donors (Lipinski definition) is 2. The third kappa shape index (κ3) is 3.05. The zero-order chi connectivity index (χ0) is 14.0. The van der Waals surface area contributed by atoms with Crippen LogP contribution < -0.4 is 11.1 Å². The first kappa shape index (κ1) is 13.4. The standard InChI is InChI=1S/C12H14FN3O3/c13-8-2-3-9(10(6-8)16(18)19)15-11(17)7-12(14)4-1-5-12/h2-3,6H,1,4-5,7,14H2,(H,15,17). The Morgan fingerprint density at radius 3 is 2.74 bits per heavy atom. The molecule has 0 bridgehead atoms. The van der Waals surface area contributed by atoms with Crippen molar-refractivity contribution in [1.82, 2.24) is 0 Å². The Balaban J connectivity index is 2.10. The van der Waals surface area contributed by atoms with Gasteiger partial charge < -0.3 is 11.1 Å². The molecule has 1 aromatic carbocycles. The molecule has 0 atom stereocenters. The van der Waals surface area contributed by atoms with Crippen molar-refractivity contribution in [2.45, 2.75) is 31.2 Å². The number of benzene rings is 1. The number of nitrogens with two attached hydrogens (primary N) is 1. The fourth-order valence-corrected chi connectivity index (χ4v) is 2.08. The molecule has 1 aromatic rings. The summed E-state index contributed by atoms with van der Waals surface area (Å²) < 4.78 is 12.9.